The lowest BCUT2D eigenvalue weighted by atomic mass is 10.2. The molecular weight excluding hydrogens is 269 g/mol. The Morgan fingerprint density at radius 2 is 2.36 bits per heavy atom. The van der Waals surface area contributed by atoms with Gasteiger partial charge in [-0.1, -0.05) is 27.5 Å². The molecule has 0 fully saturated rings. The van der Waals surface area contributed by atoms with Gasteiger partial charge in [0.25, 0.3) is 0 Å². The molecule has 1 N–H and O–H groups in total. The van der Waals surface area contributed by atoms with Crippen LogP contribution in [0.2, 0.25) is 5.02 Å². The summed E-state index contributed by atoms with van der Waals surface area (Å²) >= 11 is 9.20. The van der Waals surface area contributed by atoms with Gasteiger partial charge in [-0.2, -0.15) is 0 Å². The zero-order valence-electron chi connectivity index (χ0n) is 7.51. The standard InChI is InChI=1S/C9H9BrClNO2/c1-12-9(13)14-5-6-4-7(10)2-3-8(6)11/h2-4H,5H2,1H3,(H,12,13). The average molecular weight is 279 g/mol. The highest BCUT2D eigenvalue weighted by Crippen LogP contribution is 2.21. The molecular formula is C9H9BrClNO2. The van der Waals surface area contributed by atoms with E-state index in [1.807, 2.05) is 12.1 Å². The van der Waals surface area contributed by atoms with Crippen LogP contribution in [0.4, 0.5) is 4.79 Å². The number of benzene rings is 1. The lowest BCUT2D eigenvalue weighted by Gasteiger charge is -2.06. The number of nitrogens with one attached hydrogen (secondary N) is 1. The third-order valence-corrected chi connectivity index (χ3v) is 2.43. The number of hydrogen-bond donors (Lipinski definition) is 1. The molecule has 1 rings (SSSR count). The van der Waals surface area contributed by atoms with E-state index in [0.29, 0.717) is 5.02 Å². The van der Waals surface area contributed by atoms with Crippen molar-refractivity contribution in [1.82, 2.24) is 5.32 Å². The molecule has 0 aliphatic carbocycles. The van der Waals surface area contributed by atoms with E-state index < -0.39 is 6.09 Å². The minimum absolute atomic E-state index is 0.165. The van der Waals surface area contributed by atoms with Crippen LogP contribution >= 0.6 is 27.5 Å². The van der Waals surface area contributed by atoms with Gasteiger partial charge >= 0.3 is 6.09 Å². The first-order chi connectivity index (χ1) is 6.63. The van der Waals surface area contributed by atoms with E-state index in [-0.39, 0.29) is 6.61 Å². The van der Waals surface area contributed by atoms with Gasteiger partial charge in [-0.15, -0.1) is 0 Å². The molecule has 1 aromatic carbocycles. The summed E-state index contributed by atoms with van der Waals surface area (Å²) in [5, 5.41) is 2.93. The lowest BCUT2D eigenvalue weighted by molar-refractivity contribution is 0.142. The first kappa shape index (κ1) is 11.3. The Kier molecular flexibility index (Phi) is 4.22. The van der Waals surface area contributed by atoms with Crippen molar-refractivity contribution in [2.45, 2.75) is 6.61 Å². The lowest BCUT2D eigenvalue weighted by Crippen LogP contribution is -2.18. The molecule has 0 aliphatic rings. The van der Waals surface area contributed by atoms with Gasteiger partial charge in [0.2, 0.25) is 0 Å². The first-order valence-electron chi connectivity index (χ1n) is 3.92. The number of carbonyl (C=O) groups excluding carboxylic acids is 1. The molecule has 0 spiro atoms. The molecule has 0 unspecified atom stereocenters. The molecule has 0 heterocycles. The largest absolute Gasteiger partial charge is 0.445 e. The summed E-state index contributed by atoms with van der Waals surface area (Å²) in [5.41, 5.74) is 0.768. The molecule has 1 amide bonds. The summed E-state index contributed by atoms with van der Waals surface area (Å²) in [5.74, 6) is 0. The number of carbonyl (C=O) groups is 1. The fraction of sp³-hybridized carbons (Fsp3) is 0.222. The van der Waals surface area contributed by atoms with Crippen LogP contribution in [0.5, 0.6) is 0 Å². The van der Waals surface area contributed by atoms with Crippen molar-refractivity contribution in [2.24, 2.45) is 0 Å². The van der Waals surface area contributed by atoms with Gasteiger partial charge in [0.05, 0.1) is 0 Å². The molecule has 76 valence electrons. The minimum Gasteiger partial charge on any atom is -0.445 e. The first-order valence-corrected chi connectivity index (χ1v) is 5.09. The Balaban J connectivity index is 2.66. The van der Waals surface area contributed by atoms with Crippen molar-refractivity contribution in [3.05, 3.63) is 33.3 Å². The number of rotatable bonds is 2. The quantitative estimate of drug-likeness (QED) is 0.903. The maximum absolute atomic E-state index is 10.8. The molecule has 5 heteroatoms. The molecule has 0 saturated heterocycles. The molecule has 14 heavy (non-hydrogen) atoms. The molecule has 0 atom stereocenters. The van der Waals surface area contributed by atoms with E-state index in [1.54, 1.807) is 6.07 Å². The summed E-state index contributed by atoms with van der Waals surface area (Å²) in [4.78, 5) is 10.8. The van der Waals surface area contributed by atoms with Gasteiger partial charge in [-0.25, -0.2) is 4.79 Å². The molecule has 1 aromatic rings. The maximum Gasteiger partial charge on any atom is 0.407 e. The van der Waals surface area contributed by atoms with Crippen molar-refractivity contribution in [2.75, 3.05) is 7.05 Å². The highest BCUT2D eigenvalue weighted by Gasteiger charge is 2.04. The van der Waals surface area contributed by atoms with Crippen LogP contribution in [0, 0.1) is 0 Å². The minimum atomic E-state index is -0.471. The van der Waals surface area contributed by atoms with E-state index in [2.05, 4.69) is 21.2 Å². The maximum atomic E-state index is 10.8. The summed E-state index contributed by atoms with van der Waals surface area (Å²) < 4.78 is 5.76. The smallest absolute Gasteiger partial charge is 0.407 e. The van der Waals surface area contributed by atoms with Crippen molar-refractivity contribution in [3.63, 3.8) is 0 Å². The summed E-state index contributed by atoms with van der Waals surface area (Å²) in [6.07, 6.45) is -0.471. The van der Waals surface area contributed by atoms with Crippen LogP contribution in [-0.4, -0.2) is 13.1 Å². The average Bonchev–Trinajstić information content (AvgIpc) is 2.19. The molecule has 0 bridgehead atoms. The second-order valence-corrected chi connectivity index (χ2v) is 3.88. The highest BCUT2D eigenvalue weighted by molar-refractivity contribution is 9.10. The predicted molar refractivity (Wildman–Crippen MR) is 58.4 cm³/mol. The van der Waals surface area contributed by atoms with E-state index in [0.717, 1.165) is 10.0 Å². The van der Waals surface area contributed by atoms with E-state index in [9.17, 15) is 4.79 Å². The van der Waals surface area contributed by atoms with Crippen LogP contribution in [0.1, 0.15) is 5.56 Å². The van der Waals surface area contributed by atoms with E-state index >= 15 is 0 Å². The van der Waals surface area contributed by atoms with Crippen molar-refractivity contribution >= 4 is 33.6 Å². The molecule has 0 radical (unpaired) electrons. The van der Waals surface area contributed by atoms with Crippen molar-refractivity contribution in [3.8, 4) is 0 Å². The van der Waals surface area contributed by atoms with Gasteiger partial charge in [0.1, 0.15) is 6.61 Å². The molecule has 0 aliphatic heterocycles. The van der Waals surface area contributed by atoms with Crippen LogP contribution in [0.3, 0.4) is 0 Å². The summed E-state index contributed by atoms with van der Waals surface area (Å²) in [6, 6.07) is 5.38. The van der Waals surface area contributed by atoms with E-state index in [4.69, 9.17) is 16.3 Å². The van der Waals surface area contributed by atoms with Crippen LogP contribution in [0.15, 0.2) is 22.7 Å². The topological polar surface area (TPSA) is 38.3 Å². The molecule has 0 aromatic heterocycles. The Morgan fingerprint density at radius 1 is 1.64 bits per heavy atom. The van der Waals surface area contributed by atoms with Gasteiger partial charge in [0, 0.05) is 22.1 Å². The molecule has 0 saturated carbocycles. The van der Waals surface area contributed by atoms with Gasteiger partial charge < -0.3 is 10.1 Å². The highest BCUT2D eigenvalue weighted by atomic mass is 79.9. The number of hydrogen-bond acceptors (Lipinski definition) is 2. The molecule has 3 nitrogen and oxygen atoms in total. The van der Waals surface area contributed by atoms with Gasteiger partial charge in [-0.3, -0.25) is 0 Å². The third-order valence-electron chi connectivity index (χ3n) is 1.57. The van der Waals surface area contributed by atoms with Crippen molar-refractivity contribution < 1.29 is 9.53 Å². The number of ether oxygens (including phenoxy) is 1. The van der Waals surface area contributed by atoms with Crippen LogP contribution < -0.4 is 5.32 Å². The number of halogens is 2. The zero-order valence-corrected chi connectivity index (χ0v) is 9.85. The van der Waals surface area contributed by atoms with Gasteiger partial charge in [0.15, 0.2) is 0 Å². The van der Waals surface area contributed by atoms with Gasteiger partial charge in [-0.05, 0) is 18.2 Å². The Morgan fingerprint density at radius 3 is 3.00 bits per heavy atom. The Hall–Kier alpha value is -0.740. The van der Waals surface area contributed by atoms with Crippen LogP contribution in [0.25, 0.3) is 0 Å². The monoisotopic (exact) mass is 277 g/mol. The second kappa shape index (κ2) is 5.22. The fourth-order valence-electron chi connectivity index (χ4n) is 0.869. The van der Waals surface area contributed by atoms with E-state index in [1.165, 1.54) is 7.05 Å². The SMILES string of the molecule is CNC(=O)OCc1cc(Br)ccc1Cl. The van der Waals surface area contributed by atoms with Crippen LogP contribution in [-0.2, 0) is 11.3 Å². The number of amides is 1. The Bertz CT molecular complexity index is 344. The summed E-state index contributed by atoms with van der Waals surface area (Å²) in [7, 11) is 1.50. The fourth-order valence-corrected chi connectivity index (χ4v) is 1.45. The normalized spacial score (nSPS) is 9.64. The van der Waals surface area contributed by atoms with Crippen molar-refractivity contribution in [1.29, 1.82) is 0 Å². The third kappa shape index (κ3) is 3.20. The second-order valence-electron chi connectivity index (χ2n) is 2.56. The predicted octanol–water partition coefficient (Wildman–Crippen LogP) is 2.96. The zero-order chi connectivity index (χ0) is 10.6. The number of alkyl carbamates (subject to hydrolysis) is 1. The Labute approximate surface area is 95.5 Å². The summed E-state index contributed by atoms with van der Waals surface area (Å²) in [6.45, 7) is 0.165.